The van der Waals surface area contributed by atoms with E-state index in [2.05, 4.69) is 20.3 Å². The van der Waals surface area contributed by atoms with E-state index in [1.54, 1.807) is 24.8 Å². The Morgan fingerprint density at radius 1 is 1.07 bits per heavy atom. The number of anilines is 1. The van der Waals surface area contributed by atoms with Crippen LogP contribution in [-0.4, -0.2) is 21.5 Å². The second-order valence-corrected chi connectivity index (χ2v) is 3.06. The van der Waals surface area contributed by atoms with Crippen LogP contribution in [0.3, 0.4) is 0 Å². The molecule has 1 N–H and O–H groups in total. The van der Waals surface area contributed by atoms with E-state index in [-0.39, 0.29) is 0 Å². The molecule has 0 saturated carbocycles. The van der Waals surface area contributed by atoms with Crippen LogP contribution in [0.4, 0.5) is 5.95 Å². The summed E-state index contributed by atoms with van der Waals surface area (Å²) in [5.41, 5.74) is 2.08. The molecule has 0 radical (unpaired) electrons. The SMILES string of the molecule is CCNc1ncc(-c2ccncc2)cn1. The van der Waals surface area contributed by atoms with Crippen molar-refractivity contribution < 1.29 is 0 Å². The molecule has 2 rings (SSSR count). The maximum atomic E-state index is 4.20. The highest BCUT2D eigenvalue weighted by atomic mass is 15.1. The average molecular weight is 200 g/mol. The number of aromatic nitrogens is 3. The molecule has 0 fully saturated rings. The van der Waals surface area contributed by atoms with Crippen LogP contribution in [0.5, 0.6) is 0 Å². The van der Waals surface area contributed by atoms with Gasteiger partial charge in [0.05, 0.1) is 0 Å². The predicted molar refractivity (Wildman–Crippen MR) is 59.4 cm³/mol. The highest BCUT2D eigenvalue weighted by molar-refractivity contribution is 5.61. The van der Waals surface area contributed by atoms with Gasteiger partial charge in [0.15, 0.2) is 0 Å². The van der Waals surface area contributed by atoms with Crippen molar-refractivity contribution in [2.24, 2.45) is 0 Å². The fourth-order valence-electron chi connectivity index (χ4n) is 1.27. The molecule has 4 nitrogen and oxygen atoms in total. The van der Waals surface area contributed by atoms with Crippen molar-refractivity contribution in [2.75, 3.05) is 11.9 Å². The predicted octanol–water partition coefficient (Wildman–Crippen LogP) is 1.97. The number of pyridine rings is 1. The largest absolute Gasteiger partial charge is 0.355 e. The Labute approximate surface area is 88.4 Å². The maximum absolute atomic E-state index is 4.20. The Kier molecular flexibility index (Phi) is 2.88. The standard InChI is InChI=1S/C11H12N4/c1-2-13-11-14-7-10(8-15-11)9-3-5-12-6-4-9/h3-8H,2H2,1H3,(H,13,14,15). The molecule has 0 atom stereocenters. The molecule has 15 heavy (non-hydrogen) atoms. The Balaban J connectivity index is 2.24. The molecule has 0 saturated heterocycles. The van der Waals surface area contributed by atoms with Gasteiger partial charge >= 0.3 is 0 Å². The summed E-state index contributed by atoms with van der Waals surface area (Å²) in [6.45, 7) is 2.84. The molecule has 2 heterocycles. The molecule has 2 aromatic heterocycles. The zero-order valence-corrected chi connectivity index (χ0v) is 8.51. The zero-order valence-electron chi connectivity index (χ0n) is 8.51. The molecule has 0 bridgehead atoms. The van der Waals surface area contributed by atoms with Crippen LogP contribution in [0, 0.1) is 0 Å². The molecular weight excluding hydrogens is 188 g/mol. The van der Waals surface area contributed by atoms with Gasteiger partial charge in [0.2, 0.25) is 5.95 Å². The second kappa shape index (κ2) is 4.50. The van der Waals surface area contributed by atoms with Gasteiger partial charge in [-0.3, -0.25) is 4.98 Å². The van der Waals surface area contributed by atoms with Gasteiger partial charge < -0.3 is 5.32 Å². The lowest BCUT2D eigenvalue weighted by Crippen LogP contribution is -2.01. The summed E-state index contributed by atoms with van der Waals surface area (Å²) in [7, 11) is 0. The summed E-state index contributed by atoms with van der Waals surface area (Å²) in [6, 6.07) is 3.87. The number of rotatable bonds is 3. The Hall–Kier alpha value is -1.97. The topological polar surface area (TPSA) is 50.7 Å². The van der Waals surface area contributed by atoms with E-state index in [0.29, 0.717) is 5.95 Å². The average Bonchev–Trinajstić information content (AvgIpc) is 2.32. The fourth-order valence-corrected chi connectivity index (χ4v) is 1.27. The van der Waals surface area contributed by atoms with Crippen molar-refractivity contribution in [1.29, 1.82) is 0 Å². The van der Waals surface area contributed by atoms with E-state index >= 15 is 0 Å². The van der Waals surface area contributed by atoms with Gasteiger partial charge in [-0.2, -0.15) is 0 Å². The fraction of sp³-hybridized carbons (Fsp3) is 0.182. The van der Waals surface area contributed by atoms with E-state index in [9.17, 15) is 0 Å². The third-order valence-corrected chi connectivity index (χ3v) is 2.00. The van der Waals surface area contributed by atoms with Crippen LogP contribution >= 0.6 is 0 Å². The lowest BCUT2D eigenvalue weighted by atomic mass is 10.1. The monoisotopic (exact) mass is 200 g/mol. The van der Waals surface area contributed by atoms with Crippen molar-refractivity contribution in [1.82, 2.24) is 15.0 Å². The first-order valence-corrected chi connectivity index (χ1v) is 4.86. The van der Waals surface area contributed by atoms with Crippen molar-refractivity contribution in [3.05, 3.63) is 36.9 Å². The first-order chi connectivity index (χ1) is 7.40. The third-order valence-electron chi connectivity index (χ3n) is 2.00. The number of nitrogens with one attached hydrogen (secondary N) is 1. The summed E-state index contributed by atoms with van der Waals surface area (Å²) < 4.78 is 0. The van der Waals surface area contributed by atoms with Crippen molar-refractivity contribution >= 4 is 5.95 Å². The number of nitrogens with zero attached hydrogens (tertiary/aromatic N) is 3. The van der Waals surface area contributed by atoms with Gasteiger partial charge in [0, 0.05) is 36.9 Å². The quantitative estimate of drug-likeness (QED) is 0.823. The molecule has 0 aliphatic carbocycles. The molecule has 2 aromatic rings. The van der Waals surface area contributed by atoms with Crippen LogP contribution in [0.1, 0.15) is 6.92 Å². The lowest BCUT2D eigenvalue weighted by Gasteiger charge is -2.02. The van der Waals surface area contributed by atoms with Gasteiger partial charge in [-0.05, 0) is 24.6 Å². The van der Waals surface area contributed by atoms with E-state index in [1.165, 1.54) is 0 Å². The summed E-state index contributed by atoms with van der Waals surface area (Å²) in [5, 5.41) is 3.05. The number of hydrogen-bond donors (Lipinski definition) is 1. The molecule has 0 amide bonds. The zero-order chi connectivity index (χ0) is 10.5. The van der Waals surface area contributed by atoms with Gasteiger partial charge in [0.25, 0.3) is 0 Å². The van der Waals surface area contributed by atoms with Crippen molar-refractivity contribution in [2.45, 2.75) is 6.92 Å². The van der Waals surface area contributed by atoms with Crippen LogP contribution < -0.4 is 5.32 Å². The molecule has 0 spiro atoms. The number of hydrogen-bond acceptors (Lipinski definition) is 4. The molecule has 76 valence electrons. The van der Waals surface area contributed by atoms with Crippen LogP contribution in [0.2, 0.25) is 0 Å². The van der Waals surface area contributed by atoms with Gasteiger partial charge in [0.1, 0.15) is 0 Å². The molecule has 0 aliphatic heterocycles. The highest BCUT2D eigenvalue weighted by Gasteiger charge is 1.98. The minimum absolute atomic E-state index is 0.662. The van der Waals surface area contributed by atoms with Crippen molar-refractivity contribution in [3.8, 4) is 11.1 Å². The summed E-state index contributed by atoms with van der Waals surface area (Å²) in [5.74, 6) is 0.662. The maximum Gasteiger partial charge on any atom is 0.222 e. The van der Waals surface area contributed by atoms with Crippen LogP contribution in [0.15, 0.2) is 36.9 Å². The van der Waals surface area contributed by atoms with Gasteiger partial charge in [-0.1, -0.05) is 0 Å². The molecule has 0 unspecified atom stereocenters. The molecule has 0 aromatic carbocycles. The summed E-state index contributed by atoms with van der Waals surface area (Å²) in [6.07, 6.45) is 7.13. The summed E-state index contributed by atoms with van der Waals surface area (Å²) in [4.78, 5) is 12.4. The highest BCUT2D eigenvalue weighted by Crippen LogP contribution is 2.16. The molecular formula is C11H12N4. The summed E-state index contributed by atoms with van der Waals surface area (Å²) >= 11 is 0. The van der Waals surface area contributed by atoms with Gasteiger partial charge in [-0.25, -0.2) is 9.97 Å². The normalized spacial score (nSPS) is 9.93. The van der Waals surface area contributed by atoms with Crippen molar-refractivity contribution in [3.63, 3.8) is 0 Å². The lowest BCUT2D eigenvalue weighted by molar-refractivity contribution is 1.09. The Morgan fingerprint density at radius 2 is 1.73 bits per heavy atom. The van der Waals surface area contributed by atoms with Crippen LogP contribution in [-0.2, 0) is 0 Å². The van der Waals surface area contributed by atoms with E-state index in [0.717, 1.165) is 17.7 Å². The third kappa shape index (κ3) is 2.28. The van der Waals surface area contributed by atoms with Gasteiger partial charge in [-0.15, -0.1) is 0 Å². The molecule has 4 heteroatoms. The first-order valence-electron chi connectivity index (χ1n) is 4.86. The smallest absolute Gasteiger partial charge is 0.222 e. The Bertz CT molecular complexity index is 410. The van der Waals surface area contributed by atoms with E-state index < -0.39 is 0 Å². The second-order valence-electron chi connectivity index (χ2n) is 3.06. The van der Waals surface area contributed by atoms with E-state index in [1.807, 2.05) is 19.1 Å². The first kappa shape index (κ1) is 9.58. The minimum Gasteiger partial charge on any atom is -0.355 e. The Morgan fingerprint density at radius 3 is 2.33 bits per heavy atom. The van der Waals surface area contributed by atoms with E-state index in [4.69, 9.17) is 0 Å². The minimum atomic E-state index is 0.662. The van der Waals surface area contributed by atoms with Crippen LogP contribution in [0.25, 0.3) is 11.1 Å². The molecule has 0 aliphatic rings.